The lowest BCUT2D eigenvalue weighted by molar-refractivity contribution is -0.134. The molecule has 1 aliphatic heterocycles. The third-order valence-corrected chi connectivity index (χ3v) is 9.15. The van der Waals surface area contributed by atoms with E-state index >= 15 is 0 Å². The minimum Gasteiger partial charge on any atom is -0.369 e. The fourth-order valence-corrected chi connectivity index (χ4v) is 7.88. The van der Waals surface area contributed by atoms with Crippen LogP contribution in [0, 0.1) is 29.1 Å². The summed E-state index contributed by atoms with van der Waals surface area (Å²) >= 11 is 0. The van der Waals surface area contributed by atoms with Crippen LogP contribution in [0.15, 0.2) is 24.4 Å². The third-order valence-electron chi connectivity index (χ3n) is 9.15. The van der Waals surface area contributed by atoms with E-state index in [0.717, 1.165) is 24.3 Å². The van der Waals surface area contributed by atoms with Crippen molar-refractivity contribution in [2.45, 2.75) is 57.8 Å². The molecule has 0 unspecified atom stereocenters. The minimum absolute atomic E-state index is 0.0101. The lowest BCUT2D eigenvalue weighted by atomic mass is 9.49. The molecule has 7 rings (SSSR count). The fourth-order valence-electron chi connectivity index (χ4n) is 7.88. The Morgan fingerprint density at radius 3 is 2.31 bits per heavy atom. The molecular formula is C27H35N5O3. The van der Waals surface area contributed by atoms with Gasteiger partial charge in [-0.15, -0.1) is 0 Å². The summed E-state index contributed by atoms with van der Waals surface area (Å²) in [6.45, 7) is 1.84. The number of carbonyl (C=O) groups excluding carboxylic acids is 3. The first kappa shape index (κ1) is 22.6. The van der Waals surface area contributed by atoms with Crippen LogP contribution in [-0.2, 0) is 16.0 Å². The molecule has 4 bridgehead atoms. The minimum atomic E-state index is -0.286. The number of hydrogen-bond donors (Lipinski definition) is 2. The van der Waals surface area contributed by atoms with Gasteiger partial charge in [0, 0.05) is 31.7 Å². The summed E-state index contributed by atoms with van der Waals surface area (Å²) in [6, 6.07) is 5.54. The van der Waals surface area contributed by atoms with Gasteiger partial charge in [0.15, 0.2) is 0 Å². The highest BCUT2D eigenvalue weighted by Gasteiger charge is 2.50. The summed E-state index contributed by atoms with van der Waals surface area (Å²) in [7, 11) is 0. The van der Waals surface area contributed by atoms with Crippen molar-refractivity contribution in [2.24, 2.45) is 34.8 Å². The van der Waals surface area contributed by atoms with Crippen molar-refractivity contribution in [3.05, 3.63) is 35.8 Å². The molecule has 3 heterocycles. The zero-order valence-electron chi connectivity index (χ0n) is 20.2. The summed E-state index contributed by atoms with van der Waals surface area (Å²) < 4.78 is 1.80. The number of fused-ring (bicyclic) bond motifs is 1. The van der Waals surface area contributed by atoms with Crippen LogP contribution in [0.25, 0.3) is 5.65 Å². The molecule has 5 aliphatic rings. The number of hydrogen-bond acceptors (Lipinski definition) is 4. The highest BCUT2D eigenvalue weighted by atomic mass is 16.2. The van der Waals surface area contributed by atoms with Crippen molar-refractivity contribution < 1.29 is 14.4 Å². The molecule has 0 atom stereocenters. The van der Waals surface area contributed by atoms with Gasteiger partial charge in [0.1, 0.15) is 11.3 Å². The van der Waals surface area contributed by atoms with E-state index in [1.54, 1.807) is 9.30 Å². The van der Waals surface area contributed by atoms with E-state index in [-0.39, 0.29) is 35.5 Å². The van der Waals surface area contributed by atoms with Crippen LogP contribution in [0.3, 0.4) is 0 Å². The van der Waals surface area contributed by atoms with Gasteiger partial charge < -0.3 is 16.0 Å². The van der Waals surface area contributed by atoms with Crippen molar-refractivity contribution in [1.29, 1.82) is 0 Å². The molecule has 3 amide bonds. The summed E-state index contributed by atoms with van der Waals surface area (Å²) in [5.41, 5.74) is 7.56. The maximum atomic E-state index is 13.2. The zero-order chi connectivity index (χ0) is 24.2. The van der Waals surface area contributed by atoms with Crippen molar-refractivity contribution in [1.82, 2.24) is 19.6 Å². The second kappa shape index (κ2) is 8.64. The van der Waals surface area contributed by atoms with Crippen LogP contribution >= 0.6 is 0 Å². The number of piperidine rings is 1. The topological polar surface area (TPSA) is 110 Å². The maximum Gasteiger partial charge on any atom is 0.268 e. The molecule has 4 aliphatic carbocycles. The Bertz CT molecular complexity index is 1130. The largest absolute Gasteiger partial charge is 0.369 e. The Balaban J connectivity index is 1.12. The van der Waals surface area contributed by atoms with Gasteiger partial charge in [-0.1, -0.05) is 6.07 Å². The highest BCUT2D eigenvalue weighted by molar-refractivity contribution is 5.93. The number of likely N-dealkylation sites (tertiary alicyclic amines) is 1. The number of nitrogens with one attached hydrogen (secondary N) is 1. The van der Waals surface area contributed by atoms with Gasteiger partial charge in [0.2, 0.25) is 11.8 Å². The van der Waals surface area contributed by atoms with E-state index < -0.39 is 0 Å². The second-order valence-electron chi connectivity index (χ2n) is 11.7. The molecule has 2 aromatic rings. The first-order chi connectivity index (χ1) is 16.9. The number of imidazole rings is 1. The number of primary amides is 1. The lowest BCUT2D eigenvalue weighted by Gasteiger charge is -2.56. The third kappa shape index (κ3) is 4.32. The molecule has 35 heavy (non-hydrogen) atoms. The van der Waals surface area contributed by atoms with Crippen molar-refractivity contribution >= 4 is 23.4 Å². The number of nitrogens with zero attached hydrogens (tertiary/aromatic N) is 3. The number of pyridine rings is 1. The molecule has 1 saturated heterocycles. The molecule has 0 radical (unpaired) electrons. The van der Waals surface area contributed by atoms with Gasteiger partial charge >= 0.3 is 0 Å². The highest BCUT2D eigenvalue weighted by Crippen LogP contribution is 2.59. The van der Waals surface area contributed by atoms with E-state index in [9.17, 15) is 14.4 Å². The van der Waals surface area contributed by atoms with Crippen LogP contribution in [0.2, 0.25) is 0 Å². The van der Waals surface area contributed by atoms with Crippen LogP contribution in [0.1, 0.15) is 67.5 Å². The van der Waals surface area contributed by atoms with Crippen LogP contribution in [-0.4, -0.2) is 51.6 Å². The predicted octanol–water partition coefficient (Wildman–Crippen LogP) is 2.55. The number of amides is 3. The molecule has 0 spiro atoms. The number of carbonyl (C=O) groups is 3. The van der Waals surface area contributed by atoms with Gasteiger partial charge in [-0.25, -0.2) is 4.98 Å². The Morgan fingerprint density at radius 1 is 1.03 bits per heavy atom. The Morgan fingerprint density at radius 2 is 1.69 bits per heavy atom. The van der Waals surface area contributed by atoms with Gasteiger partial charge in [-0.2, -0.15) is 0 Å². The number of rotatable bonds is 6. The average molecular weight is 478 g/mol. The van der Waals surface area contributed by atoms with Crippen molar-refractivity contribution in [2.75, 3.05) is 19.6 Å². The van der Waals surface area contributed by atoms with E-state index in [0.29, 0.717) is 43.0 Å². The van der Waals surface area contributed by atoms with Crippen molar-refractivity contribution in [3.63, 3.8) is 0 Å². The zero-order valence-corrected chi connectivity index (χ0v) is 20.2. The molecular weight excluding hydrogens is 442 g/mol. The SMILES string of the molecule is NC(=O)C1CCN(C(=O)Cc2cn3c(C(=O)NCC45CC6CC(CC(C6)C4)C5)cccc3n2)CC1. The van der Waals surface area contributed by atoms with Crippen LogP contribution < -0.4 is 11.1 Å². The van der Waals surface area contributed by atoms with E-state index in [1.807, 2.05) is 24.4 Å². The lowest BCUT2D eigenvalue weighted by Crippen LogP contribution is -2.51. The van der Waals surface area contributed by atoms with Gasteiger partial charge in [0.25, 0.3) is 5.91 Å². The molecule has 186 valence electrons. The Hall–Kier alpha value is -2.90. The van der Waals surface area contributed by atoms with E-state index in [4.69, 9.17) is 5.73 Å². The van der Waals surface area contributed by atoms with E-state index in [2.05, 4.69) is 10.3 Å². The quantitative estimate of drug-likeness (QED) is 0.666. The van der Waals surface area contributed by atoms with Crippen LogP contribution in [0.4, 0.5) is 0 Å². The smallest absolute Gasteiger partial charge is 0.268 e. The molecule has 3 N–H and O–H groups in total. The summed E-state index contributed by atoms with van der Waals surface area (Å²) in [5, 5.41) is 3.26. The summed E-state index contributed by atoms with van der Waals surface area (Å²) in [4.78, 5) is 43.8. The van der Waals surface area contributed by atoms with E-state index in [1.165, 1.54) is 38.5 Å². The Labute approximate surface area is 205 Å². The summed E-state index contributed by atoms with van der Waals surface area (Å²) in [6.07, 6.45) is 11.2. The normalized spacial score (nSPS) is 30.1. The molecule has 5 fully saturated rings. The van der Waals surface area contributed by atoms with Crippen LogP contribution in [0.5, 0.6) is 0 Å². The molecule has 2 aromatic heterocycles. The maximum absolute atomic E-state index is 13.2. The first-order valence-corrected chi connectivity index (χ1v) is 13.2. The molecule has 8 nitrogen and oxygen atoms in total. The van der Waals surface area contributed by atoms with Gasteiger partial charge in [0.05, 0.1) is 12.1 Å². The molecule has 8 heteroatoms. The monoisotopic (exact) mass is 477 g/mol. The predicted molar refractivity (Wildman–Crippen MR) is 130 cm³/mol. The fraction of sp³-hybridized carbons (Fsp3) is 0.630. The molecule has 0 aromatic carbocycles. The van der Waals surface area contributed by atoms with Gasteiger partial charge in [-0.3, -0.25) is 18.8 Å². The Kier molecular flexibility index (Phi) is 5.57. The summed E-state index contributed by atoms with van der Waals surface area (Å²) in [5.74, 6) is 2.06. The number of nitrogens with two attached hydrogens (primary N) is 1. The molecule has 4 saturated carbocycles. The first-order valence-electron chi connectivity index (χ1n) is 13.2. The van der Waals surface area contributed by atoms with Crippen molar-refractivity contribution in [3.8, 4) is 0 Å². The average Bonchev–Trinajstić information content (AvgIpc) is 3.24. The number of aromatic nitrogens is 2. The van der Waals surface area contributed by atoms with Gasteiger partial charge in [-0.05, 0) is 86.7 Å². The standard InChI is InChI=1S/C27H35N5O3/c28-25(34)20-4-6-31(7-5-20)24(33)11-21-15-32-22(2-1-3-23(32)30-21)26(35)29-16-27-12-17-8-18(13-27)10-19(9-17)14-27/h1-3,15,17-20H,4-14,16H2,(H2,28,34)(H,29,35). The second-order valence-corrected chi connectivity index (χ2v) is 11.7.